The first-order valence-corrected chi connectivity index (χ1v) is 9.60. The Morgan fingerprint density at radius 1 is 1.11 bits per heavy atom. The SMILES string of the molecule is CCOC(=O)C1CCN(C(C(=O)Nc2ccc(F)cc2)c2ccccc2)CC1. The Labute approximate surface area is 164 Å². The van der Waals surface area contributed by atoms with E-state index < -0.39 is 6.04 Å². The summed E-state index contributed by atoms with van der Waals surface area (Å²) in [5, 5.41) is 2.88. The van der Waals surface area contributed by atoms with Crippen molar-refractivity contribution in [3.8, 4) is 0 Å². The molecule has 0 saturated carbocycles. The summed E-state index contributed by atoms with van der Waals surface area (Å²) < 4.78 is 18.3. The summed E-state index contributed by atoms with van der Waals surface area (Å²) >= 11 is 0. The maximum atomic E-state index is 13.1. The Bertz CT molecular complexity index is 787. The topological polar surface area (TPSA) is 58.6 Å². The van der Waals surface area contributed by atoms with Gasteiger partial charge in [0.25, 0.3) is 0 Å². The zero-order valence-electron chi connectivity index (χ0n) is 15.9. The lowest BCUT2D eigenvalue weighted by molar-refractivity contribution is -0.149. The van der Waals surface area contributed by atoms with E-state index in [4.69, 9.17) is 4.74 Å². The number of rotatable bonds is 6. The first kappa shape index (κ1) is 20.0. The molecule has 2 aromatic rings. The van der Waals surface area contributed by atoms with Crippen LogP contribution in [0.5, 0.6) is 0 Å². The zero-order chi connectivity index (χ0) is 19.9. The highest BCUT2D eigenvalue weighted by Gasteiger charge is 2.33. The molecule has 2 aromatic carbocycles. The van der Waals surface area contributed by atoms with Crippen LogP contribution < -0.4 is 5.32 Å². The van der Waals surface area contributed by atoms with E-state index >= 15 is 0 Å². The van der Waals surface area contributed by atoms with Gasteiger partial charge in [-0.2, -0.15) is 0 Å². The first-order chi connectivity index (χ1) is 13.6. The Balaban J connectivity index is 1.74. The number of benzene rings is 2. The Morgan fingerprint density at radius 3 is 2.36 bits per heavy atom. The molecule has 1 aliphatic heterocycles. The number of likely N-dealkylation sites (tertiary alicyclic amines) is 1. The maximum absolute atomic E-state index is 13.1. The van der Waals surface area contributed by atoms with Crippen LogP contribution in [0.15, 0.2) is 54.6 Å². The van der Waals surface area contributed by atoms with Crippen LogP contribution >= 0.6 is 0 Å². The minimum Gasteiger partial charge on any atom is -0.466 e. The van der Waals surface area contributed by atoms with Gasteiger partial charge in [-0.3, -0.25) is 14.5 Å². The molecule has 6 heteroatoms. The molecule has 0 bridgehead atoms. The highest BCUT2D eigenvalue weighted by Crippen LogP contribution is 2.29. The van der Waals surface area contributed by atoms with Crippen molar-refractivity contribution in [3.05, 3.63) is 66.0 Å². The van der Waals surface area contributed by atoms with Crippen LogP contribution in [0.1, 0.15) is 31.4 Å². The molecule has 5 nitrogen and oxygen atoms in total. The van der Waals surface area contributed by atoms with Crippen molar-refractivity contribution in [2.24, 2.45) is 5.92 Å². The molecule has 1 aliphatic rings. The highest BCUT2D eigenvalue weighted by atomic mass is 19.1. The first-order valence-electron chi connectivity index (χ1n) is 9.60. The number of carbonyl (C=O) groups is 2. The average Bonchev–Trinajstić information content (AvgIpc) is 2.71. The molecular weight excluding hydrogens is 359 g/mol. The van der Waals surface area contributed by atoms with Crippen LogP contribution in [0, 0.1) is 11.7 Å². The van der Waals surface area contributed by atoms with Crippen LogP contribution in [0.3, 0.4) is 0 Å². The molecule has 28 heavy (non-hydrogen) atoms. The molecule has 1 N–H and O–H groups in total. The molecule has 0 aliphatic carbocycles. The minimum atomic E-state index is -0.477. The molecule has 1 atom stereocenters. The van der Waals surface area contributed by atoms with Gasteiger partial charge in [-0.1, -0.05) is 30.3 Å². The normalized spacial score (nSPS) is 16.4. The van der Waals surface area contributed by atoms with Gasteiger partial charge in [0.15, 0.2) is 0 Å². The lowest BCUT2D eigenvalue weighted by Crippen LogP contribution is -2.43. The number of halogens is 1. The summed E-state index contributed by atoms with van der Waals surface area (Å²) in [6.45, 7) is 3.43. The predicted molar refractivity (Wildman–Crippen MR) is 105 cm³/mol. The molecule has 1 unspecified atom stereocenters. The summed E-state index contributed by atoms with van der Waals surface area (Å²) in [5.74, 6) is -0.798. The van der Waals surface area contributed by atoms with Gasteiger partial charge in [0.1, 0.15) is 11.9 Å². The van der Waals surface area contributed by atoms with Crippen molar-refractivity contribution >= 4 is 17.6 Å². The number of anilines is 1. The largest absolute Gasteiger partial charge is 0.466 e. The molecule has 148 valence electrons. The lowest BCUT2D eigenvalue weighted by atomic mass is 9.94. The third kappa shape index (κ3) is 4.95. The van der Waals surface area contributed by atoms with Crippen molar-refractivity contribution in [2.45, 2.75) is 25.8 Å². The smallest absolute Gasteiger partial charge is 0.309 e. The third-order valence-corrected chi connectivity index (χ3v) is 4.99. The van der Waals surface area contributed by atoms with Crippen LogP contribution in [-0.4, -0.2) is 36.5 Å². The maximum Gasteiger partial charge on any atom is 0.309 e. The van der Waals surface area contributed by atoms with Crippen molar-refractivity contribution in [3.63, 3.8) is 0 Å². The molecule has 3 rings (SSSR count). The molecule has 1 heterocycles. The van der Waals surface area contributed by atoms with E-state index in [0.717, 1.165) is 5.56 Å². The van der Waals surface area contributed by atoms with Gasteiger partial charge in [-0.15, -0.1) is 0 Å². The lowest BCUT2D eigenvalue weighted by Gasteiger charge is -2.36. The molecule has 0 aromatic heterocycles. The Kier molecular flexibility index (Phi) is 6.76. The van der Waals surface area contributed by atoms with Crippen molar-refractivity contribution in [1.29, 1.82) is 0 Å². The number of piperidine rings is 1. The summed E-state index contributed by atoms with van der Waals surface area (Å²) in [5.41, 5.74) is 1.44. The summed E-state index contributed by atoms with van der Waals surface area (Å²) in [6, 6.07) is 14.8. The monoisotopic (exact) mass is 384 g/mol. The van der Waals surface area contributed by atoms with Gasteiger partial charge < -0.3 is 10.1 Å². The Morgan fingerprint density at radius 2 is 1.75 bits per heavy atom. The molecule has 1 fully saturated rings. The number of nitrogens with zero attached hydrogens (tertiary/aromatic N) is 1. The van der Waals surface area contributed by atoms with Crippen molar-refractivity contribution in [2.75, 3.05) is 25.0 Å². The molecular formula is C22H25FN2O3. The van der Waals surface area contributed by atoms with E-state index in [1.807, 2.05) is 30.3 Å². The fraction of sp³-hybridized carbons (Fsp3) is 0.364. The fourth-order valence-corrected chi connectivity index (χ4v) is 3.56. The second kappa shape index (κ2) is 9.46. The summed E-state index contributed by atoms with van der Waals surface area (Å²) in [7, 11) is 0. The van der Waals surface area contributed by atoms with E-state index in [1.54, 1.807) is 19.1 Å². The third-order valence-electron chi connectivity index (χ3n) is 4.99. The predicted octanol–water partition coefficient (Wildman–Crippen LogP) is 3.78. The van der Waals surface area contributed by atoms with Crippen molar-refractivity contribution < 1.29 is 18.7 Å². The second-order valence-electron chi connectivity index (χ2n) is 6.87. The highest BCUT2D eigenvalue weighted by molar-refractivity contribution is 5.95. The summed E-state index contributed by atoms with van der Waals surface area (Å²) in [6.07, 6.45) is 1.32. The van der Waals surface area contributed by atoms with Gasteiger partial charge in [-0.25, -0.2) is 4.39 Å². The van der Waals surface area contributed by atoms with Crippen LogP contribution in [0.2, 0.25) is 0 Å². The molecule has 1 amide bonds. The van der Waals surface area contributed by atoms with Gasteiger partial charge in [-0.05, 0) is 49.6 Å². The standard InChI is InChI=1S/C22H25FN2O3/c1-2-28-22(27)17-12-14-25(15-13-17)20(16-6-4-3-5-7-16)21(26)24-19-10-8-18(23)9-11-19/h3-11,17,20H,2,12-15H2,1H3,(H,24,26). The van der Waals surface area contributed by atoms with E-state index in [9.17, 15) is 14.0 Å². The average molecular weight is 384 g/mol. The number of amides is 1. The number of ether oxygens (including phenoxy) is 1. The summed E-state index contributed by atoms with van der Waals surface area (Å²) in [4.78, 5) is 27.2. The molecule has 1 saturated heterocycles. The van der Waals surface area contributed by atoms with Gasteiger partial charge in [0.05, 0.1) is 12.5 Å². The van der Waals surface area contributed by atoms with E-state index in [2.05, 4.69) is 10.2 Å². The number of hydrogen-bond acceptors (Lipinski definition) is 4. The number of carbonyl (C=O) groups excluding carboxylic acids is 2. The fourth-order valence-electron chi connectivity index (χ4n) is 3.56. The number of esters is 1. The van der Waals surface area contributed by atoms with Gasteiger partial charge in [0.2, 0.25) is 5.91 Å². The van der Waals surface area contributed by atoms with E-state index in [-0.39, 0.29) is 23.6 Å². The van der Waals surface area contributed by atoms with Gasteiger partial charge in [0, 0.05) is 18.8 Å². The second-order valence-corrected chi connectivity index (χ2v) is 6.87. The zero-order valence-corrected chi connectivity index (χ0v) is 15.9. The van der Waals surface area contributed by atoms with Crippen molar-refractivity contribution in [1.82, 2.24) is 4.90 Å². The van der Waals surface area contributed by atoms with Crippen LogP contribution in [0.25, 0.3) is 0 Å². The van der Waals surface area contributed by atoms with E-state index in [1.165, 1.54) is 12.1 Å². The van der Waals surface area contributed by atoms with Gasteiger partial charge >= 0.3 is 5.97 Å². The van der Waals surface area contributed by atoms with E-state index in [0.29, 0.717) is 38.2 Å². The molecule has 0 spiro atoms. The molecule has 0 radical (unpaired) electrons. The number of nitrogens with one attached hydrogen (secondary N) is 1. The van der Waals surface area contributed by atoms with Crippen LogP contribution in [-0.2, 0) is 14.3 Å². The quantitative estimate of drug-likeness (QED) is 0.770. The minimum absolute atomic E-state index is 0.118. The Hall–Kier alpha value is -2.73. The van der Waals surface area contributed by atoms with Crippen LogP contribution in [0.4, 0.5) is 10.1 Å². The number of hydrogen-bond donors (Lipinski definition) is 1.